The van der Waals surface area contributed by atoms with Gasteiger partial charge in [-0.25, -0.2) is 4.98 Å². The van der Waals surface area contributed by atoms with E-state index in [1.165, 1.54) is 40.6 Å². The molecule has 0 atom stereocenters. The lowest BCUT2D eigenvalue weighted by Crippen LogP contribution is -2.05. The second kappa shape index (κ2) is 5.49. The van der Waals surface area contributed by atoms with Crippen LogP contribution in [-0.2, 0) is 18.3 Å². The fourth-order valence-electron chi connectivity index (χ4n) is 3.48. The molecule has 2 heterocycles. The predicted molar refractivity (Wildman–Crippen MR) is 96.0 cm³/mol. The van der Waals surface area contributed by atoms with Gasteiger partial charge in [-0.15, -0.1) is 0 Å². The van der Waals surface area contributed by atoms with E-state index in [0.717, 1.165) is 18.5 Å². The largest absolute Gasteiger partial charge is 0.358 e. The molecular formula is C21H21N3. The molecule has 0 spiro atoms. The van der Waals surface area contributed by atoms with Crippen molar-refractivity contribution in [3.05, 3.63) is 64.6 Å². The minimum absolute atomic E-state index is 0.271. The highest BCUT2D eigenvalue weighted by Gasteiger charge is 2.42. The van der Waals surface area contributed by atoms with Crippen LogP contribution in [0.25, 0.3) is 10.9 Å². The van der Waals surface area contributed by atoms with Crippen LogP contribution in [0.1, 0.15) is 54.9 Å². The molecule has 1 fully saturated rings. The van der Waals surface area contributed by atoms with E-state index in [1.54, 1.807) is 6.07 Å². The predicted octanol–water partition coefficient (Wildman–Crippen LogP) is 4.64. The molecule has 0 aliphatic heterocycles. The van der Waals surface area contributed by atoms with E-state index in [0.29, 0.717) is 5.69 Å². The number of nitrogens with one attached hydrogen (secondary N) is 1. The molecule has 1 aliphatic rings. The molecule has 3 heteroatoms. The summed E-state index contributed by atoms with van der Waals surface area (Å²) < 4.78 is 0. The van der Waals surface area contributed by atoms with E-state index in [9.17, 15) is 0 Å². The van der Waals surface area contributed by atoms with Crippen molar-refractivity contribution in [1.29, 1.82) is 5.26 Å². The number of aromatic amines is 1. The minimum Gasteiger partial charge on any atom is -0.358 e. The quantitative estimate of drug-likeness (QED) is 0.762. The molecule has 1 aliphatic carbocycles. The molecule has 3 nitrogen and oxygen atoms in total. The fraction of sp³-hybridized carbons (Fsp3) is 0.333. The van der Waals surface area contributed by atoms with Crippen molar-refractivity contribution >= 4 is 10.9 Å². The first-order chi connectivity index (χ1) is 11.6. The number of nitriles is 1. The Balaban J connectivity index is 1.84. The van der Waals surface area contributed by atoms with Crippen LogP contribution in [0.2, 0.25) is 0 Å². The van der Waals surface area contributed by atoms with Crippen LogP contribution in [-0.4, -0.2) is 9.97 Å². The van der Waals surface area contributed by atoms with Crippen LogP contribution in [0, 0.1) is 11.3 Å². The highest BCUT2D eigenvalue weighted by molar-refractivity contribution is 5.86. The minimum atomic E-state index is 0.271. The Labute approximate surface area is 142 Å². The molecule has 4 rings (SSSR count). The SMILES string of the molecule is CCc1ccc2c(Cc3cccc(C#N)n3)c(C3(C)CC3)[nH]c2c1. The topological polar surface area (TPSA) is 52.5 Å². The van der Waals surface area contributed by atoms with Crippen molar-refractivity contribution in [3.8, 4) is 6.07 Å². The van der Waals surface area contributed by atoms with Crippen LogP contribution in [0.5, 0.6) is 0 Å². The molecule has 1 saturated carbocycles. The Hall–Kier alpha value is -2.60. The van der Waals surface area contributed by atoms with E-state index in [-0.39, 0.29) is 5.41 Å². The summed E-state index contributed by atoms with van der Waals surface area (Å²) in [6.45, 7) is 4.52. The number of rotatable bonds is 4. The molecule has 120 valence electrons. The van der Waals surface area contributed by atoms with Crippen LogP contribution in [0.15, 0.2) is 36.4 Å². The van der Waals surface area contributed by atoms with E-state index < -0.39 is 0 Å². The number of hydrogen-bond donors (Lipinski definition) is 1. The third kappa shape index (κ3) is 2.49. The summed E-state index contributed by atoms with van der Waals surface area (Å²) in [5.74, 6) is 0. The van der Waals surface area contributed by atoms with Crippen molar-refractivity contribution in [2.75, 3.05) is 0 Å². The van der Waals surface area contributed by atoms with Crippen LogP contribution in [0.3, 0.4) is 0 Å². The number of hydrogen-bond acceptors (Lipinski definition) is 2. The summed E-state index contributed by atoms with van der Waals surface area (Å²) in [4.78, 5) is 8.17. The van der Waals surface area contributed by atoms with Crippen LogP contribution in [0.4, 0.5) is 0 Å². The van der Waals surface area contributed by atoms with Gasteiger partial charge in [0.15, 0.2) is 0 Å². The normalized spacial score (nSPS) is 15.4. The average Bonchev–Trinajstić information content (AvgIpc) is 3.26. The van der Waals surface area contributed by atoms with Crippen molar-refractivity contribution < 1.29 is 0 Å². The second-order valence-electron chi connectivity index (χ2n) is 7.08. The summed E-state index contributed by atoms with van der Waals surface area (Å²) in [6.07, 6.45) is 4.28. The molecule has 0 radical (unpaired) electrons. The summed E-state index contributed by atoms with van der Waals surface area (Å²) >= 11 is 0. The molecular weight excluding hydrogens is 294 g/mol. The molecule has 0 unspecified atom stereocenters. The van der Waals surface area contributed by atoms with E-state index in [2.05, 4.69) is 48.1 Å². The van der Waals surface area contributed by atoms with Crippen molar-refractivity contribution in [3.63, 3.8) is 0 Å². The van der Waals surface area contributed by atoms with Gasteiger partial charge < -0.3 is 4.98 Å². The summed E-state index contributed by atoms with van der Waals surface area (Å²) in [6, 6.07) is 14.6. The molecule has 3 aromatic rings. The van der Waals surface area contributed by atoms with Gasteiger partial charge in [0.25, 0.3) is 0 Å². The van der Waals surface area contributed by atoms with Crippen molar-refractivity contribution in [2.45, 2.75) is 44.9 Å². The van der Waals surface area contributed by atoms with Gasteiger partial charge in [-0.3, -0.25) is 0 Å². The lowest BCUT2D eigenvalue weighted by Gasteiger charge is -2.10. The molecule has 0 bridgehead atoms. The third-order valence-electron chi connectivity index (χ3n) is 5.26. The first-order valence-electron chi connectivity index (χ1n) is 8.63. The first-order valence-corrected chi connectivity index (χ1v) is 8.63. The molecule has 2 aromatic heterocycles. The Bertz CT molecular complexity index is 955. The number of benzene rings is 1. The van der Waals surface area contributed by atoms with Gasteiger partial charge in [0, 0.05) is 34.1 Å². The zero-order valence-corrected chi connectivity index (χ0v) is 14.2. The zero-order valence-electron chi connectivity index (χ0n) is 14.2. The van der Waals surface area contributed by atoms with Crippen LogP contribution < -0.4 is 0 Å². The number of H-pyrrole nitrogens is 1. The maximum atomic E-state index is 9.09. The maximum Gasteiger partial charge on any atom is 0.140 e. The molecule has 1 N–H and O–H groups in total. The molecule has 0 saturated heterocycles. The lowest BCUT2D eigenvalue weighted by atomic mass is 9.96. The van der Waals surface area contributed by atoms with Gasteiger partial charge in [-0.05, 0) is 48.6 Å². The molecule has 1 aromatic carbocycles. The standard InChI is InChI=1S/C21H21N3/c1-3-14-7-8-17-18(12-15-5-4-6-16(13-22)23-15)20(21(2)9-10-21)24-19(17)11-14/h4-8,11,24H,3,9-10,12H2,1-2H3. The second-order valence-corrected chi connectivity index (χ2v) is 7.08. The van der Waals surface area contributed by atoms with Crippen molar-refractivity contribution in [2.24, 2.45) is 0 Å². The first kappa shape index (κ1) is 15.0. The van der Waals surface area contributed by atoms with Crippen molar-refractivity contribution in [1.82, 2.24) is 9.97 Å². The number of aromatic nitrogens is 2. The highest BCUT2D eigenvalue weighted by Crippen LogP contribution is 2.50. The summed E-state index contributed by atoms with van der Waals surface area (Å²) in [7, 11) is 0. The molecule has 0 amide bonds. The smallest absolute Gasteiger partial charge is 0.140 e. The third-order valence-corrected chi connectivity index (χ3v) is 5.26. The Morgan fingerprint density at radius 3 is 2.79 bits per heavy atom. The van der Waals surface area contributed by atoms with Gasteiger partial charge in [-0.1, -0.05) is 32.0 Å². The number of aryl methyl sites for hydroxylation is 1. The lowest BCUT2D eigenvalue weighted by molar-refractivity contribution is 0.748. The van der Waals surface area contributed by atoms with E-state index in [4.69, 9.17) is 5.26 Å². The number of nitrogens with zero attached hydrogens (tertiary/aromatic N) is 2. The van der Waals surface area contributed by atoms with Gasteiger partial charge in [0.2, 0.25) is 0 Å². The van der Waals surface area contributed by atoms with E-state index >= 15 is 0 Å². The van der Waals surface area contributed by atoms with Crippen LogP contribution >= 0.6 is 0 Å². The zero-order chi connectivity index (χ0) is 16.7. The Morgan fingerprint density at radius 1 is 1.25 bits per heavy atom. The van der Waals surface area contributed by atoms with Gasteiger partial charge >= 0.3 is 0 Å². The number of fused-ring (bicyclic) bond motifs is 1. The monoisotopic (exact) mass is 315 g/mol. The van der Waals surface area contributed by atoms with E-state index in [1.807, 2.05) is 12.1 Å². The fourth-order valence-corrected chi connectivity index (χ4v) is 3.48. The molecule has 24 heavy (non-hydrogen) atoms. The summed E-state index contributed by atoms with van der Waals surface area (Å²) in [5.41, 5.74) is 6.99. The van der Waals surface area contributed by atoms with Gasteiger partial charge in [0.05, 0.1) is 0 Å². The average molecular weight is 315 g/mol. The summed E-state index contributed by atoms with van der Waals surface area (Å²) in [5, 5.41) is 10.4. The Kier molecular flexibility index (Phi) is 3.42. The maximum absolute atomic E-state index is 9.09. The number of pyridine rings is 1. The van der Waals surface area contributed by atoms with Gasteiger partial charge in [-0.2, -0.15) is 5.26 Å². The highest BCUT2D eigenvalue weighted by atomic mass is 14.8. The Morgan fingerprint density at radius 2 is 2.08 bits per heavy atom. The van der Waals surface area contributed by atoms with Gasteiger partial charge in [0.1, 0.15) is 11.8 Å².